The van der Waals surface area contributed by atoms with E-state index < -0.39 is 0 Å². The summed E-state index contributed by atoms with van der Waals surface area (Å²) in [6.45, 7) is 1.82. The first-order valence-electron chi connectivity index (χ1n) is 6.50. The Morgan fingerprint density at radius 3 is 2.81 bits per heavy atom. The Bertz CT molecular complexity index is 672. The van der Waals surface area contributed by atoms with E-state index >= 15 is 0 Å². The van der Waals surface area contributed by atoms with Crippen molar-refractivity contribution in [1.82, 2.24) is 15.1 Å². The third-order valence-corrected chi connectivity index (χ3v) is 3.78. The van der Waals surface area contributed by atoms with E-state index in [4.69, 9.17) is 23.2 Å². The first-order chi connectivity index (χ1) is 10.1. The summed E-state index contributed by atoms with van der Waals surface area (Å²) >= 11 is 12.1. The highest BCUT2D eigenvalue weighted by Gasteiger charge is 2.07. The molecule has 0 radical (unpaired) electrons. The van der Waals surface area contributed by atoms with Gasteiger partial charge in [0.15, 0.2) is 0 Å². The minimum atomic E-state index is -0.194. The van der Waals surface area contributed by atoms with E-state index in [1.807, 2.05) is 13.1 Å². The van der Waals surface area contributed by atoms with Gasteiger partial charge in [-0.15, -0.1) is 0 Å². The van der Waals surface area contributed by atoms with Gasteiger partial charge in [0.25, 0.3) is 5.56 Å². The van der Waals surface area contributed by atoms with Crippen LogP contribution in [-0.4, -0.2) is 29.9 Å². The number of anilines is 1. The van der Waals surface area contributed by atoms with Crippen molar-refractivity contribution in [3.8, 4) is 0 Å². The standard InChI is InChI=1S/C14H16Cl2N4O/c1-17-5-6-18-11-7-13(21)20(19-8-11)9-10-3-2-4-12(15)14(10)16/h2-4,7-8,17-18H,5-6,9H2,1H3. The highest BCUT2D eigenvalue weighted by Crippen LogP contribution is 2.25. The summed E-state index contributed by atoms with van der Waals surface area (Å²) in [5.41, 5.74) is 1.26. The summed E-state index contributed by atoms with van der Waals surface area (Å²) < 4.78 is 1.35. The van der Waals surface area contributed by atoms with Crippen molar-refractivity contribution in [2.24, 2.45) is 0 Å². The molecule has 0 saturated heterocycles. The molecule has 0 amide bonds. The molecule has 0 spiro atoms. The van der Waals surface area contributed by atoms with Crippen LogP contribution in [0.3, 0.4) is 0 Å². The van der Waals surface area contributed by atoms with E-state index in [0.29, 0.717) is 15.7 Å². The van der Waals surface area contributed by atoms with E-state index in [2.05, 4.69) is 15.7 Å². The second-order valence-corrected chi connectivity index (χ2v) is 5.27. The second kappa shape index (κ2) is 7.45. The van der Waals surface area contributed by atoms with Crippen LogP contribution in [-0.2, 0) is 6.54 Å². The summed E-state index contributed by atoms with van der Waals surface area (Å²) in [7, 11) is 1.87. The lowest BCUT2D eigenvalue weighted by molar-refractivity contribution is 0.639. The van der Waals surface area contributed by atoms with Gasteiger partial charge in [0.1, 0.15) is 0 Å². The predicted molar refractivity (Wildman–Crippen MR) is 86.5 cm³/mol. The lowest BCUT2D eigenvalue weighted by atomic mass is 10.2. The lowest BCUT2D eigenvalue weighted by Gasteiger charge is -2.09. The van der Waals surface area contributed by atoms with Crippen LogP contribution in [0.5, 0.6) is 0 Å². The number of halogens is 2. The van der Waals surface area contributed by atoms with Gasteiger partial charge >= 0.3 is 0 Å². The van der Waals surface area contributed by atoms with Crippen LogP contribution in [0.1, 0.15) is 5.56 Å². The van der Waals surface area contributed by atoms with Crippen molar-refractivity contribution in [2.45, 2.75) is 6.54 Å². The molecule has 2 rings (SSSR count). The Hall–Kier alpha value is -1.56. The summed E-state index contributed by atoms with van der Waals surface area (Å²) in [5.74, 6) is 0. The van der Waals surface area contributed by atoms with Crippen molar-refractivity contribution >= 4 is 28.9 Å². The average Bonchev–Trinajstić information content (AvgIpc) is 2.47. The number of nitrogens with zero attached hydrogens (tertiary/aromatic N) is 2. The molecule has 7 heteroatoms. The Kier molecular flexibility index (Phi) is 5.61. The van der Waals surface area contributed by atoms with Gasteiger partial charge in [0, 0.05) is 19.2 Å². The monoisotopic (exact) mass is 326 g/mol. The number of rotatable bonds is 6. The normalized spacial score (nSPS) is 10.6. The molecule has 2 aromatic rings. The molecular formula is C14H16Cl2N4O. The highest BCUT2D eigenvalue weighted by atomic mass is 35.5. The molecule has 0 bridgehead atoms. The maximum atomic E-state index is 12.0. The first-order valence-corrected chi connectivity index (χ1v) is 7.26. The molecule has 1 aromatic heterocycles. The van der Waals surface area contributed by atoms with Crippen molar-refractivity contribution in [2.75, 3.05) is 25.5 Å². The van der Waals surface area contributed by atoms with Gasteiger partial charge in [0.2, 0.25) is 0 Å². The van der Waals surface area contributed by atoms with Crippen LogP contribution in [0.4, 0.5) is 5.69 Å². The Morgan fingerprint density at radius 1 is 1.29 bits per heavy atom. The average molecular weight is 327 g/mol. The predicted octanol–water partition coefficient (Wildman–Crippen LogP) is 2.23. The molecule has 0 saturated carbocycles. The lowest BCUT2D eigenvalue weighted by Crippen LogP contribution is -2.24. The molecule has 0 aliphatic carbocycles. The van der Waals surface area contributed by atoms with Gasteiger partial charge in [-0.3, -0.25) is 4.79 Å². The smallest absolute Gasteiger partial charge is 0.269 e. The molecule has 5 nitrogen and oxygen atoms in total. The molecule has 0 atom stereocenters. The fraction of sp³-hybridized carbons (Fsp3) is 0.286. The maximum absolute atomic E-state index is 12.0. The van der Waals surface area contributed by atoms with E-state index in [9.17, 15) is 4.79 Å². The number of aromatic nitrogens is 2. The molecular weight excluding hydrogens is 311 g/mol. The molecule has 0 aliphatic heterocycles. The fourth-order valence-corrected chi connectivity index (χ4v) is 2.19. The molecule has 1 aromatic carbocycles. The zero-order valence-electron chi connectivity index (χ0n) is 11.6. The summed E-state index contributed by atoms with van der Waals surface area (Å²) in [6, 6.07) is 6.84. The fourth-order valence-electron chi connectivity index (χ4n) is 1.81. The van der Waals surface area contributed by atoms with Gasteiger partial charge in [-0.1, -0.05) is 35.3 Å². The summed E-state index contributed by atoms with van der Waals surface area (Å²) in [6.07, 6.45) is 1.62. The summed E-state index contributed by atoms with van der Waals surface area (Å²) in [5, 5.41) is 11.2. The van der Waals surface area contributed by atoms with Crippen LogP contribution >= 0.6 is 23.2 Å². The number of benzene rings is 1. The minimum Gasteiger partial charge on any atom is -0.382 e. The maximum Gasteiger partial charge on any atom is 0.269 e. The van der Waals surface area contributed by atoms with Crippen LogP contribution < -0.4 is 16.2 Å². The number of nitrogens with one attached hydrogen (secondary N) is 2. The highest BCUT2D eigenvalue weighted by molar-refractivity contribution is 6.42. The quantitative estimate of drug-likeness (QED) is 0.799. The van der Waals surface area contributed by atoms with Gasteiger partial charge in [0.05, 0.1) is 28.5 Å². The van der Waals surface area contributed by atoms with Crippen LogP contribution in [0.15, 0.2) is 35.3 Å². The Labute approximate surface area is 132 Å². The minimum absolute atomic E-state index is 0.194. The topological polar surface area (TPSA) is 59.0 Å². The molecule has 1 heterocycles. The molecule has 0 unspecified atom stereocenters. The molecule has 21 heavy (non-hydrogen) atoms. The van der Waals surface area contributed by atoms with Crippen molar-refractivity contribution in [1.29, 1.82) is 0 Å². The summed E-state index contributed by atoms with van der Waals surface area (Å²) in [4.78, 5) is 12.0. The SMILES string of the molecule is CNCCNc1cnn(Cc2cccc(Cl)c2Cl)c(=O)c1. The van der Waals surface area contributed by atoms with Crippen molar-refractivity contribution in [3.05, 3.63) is 56.4 Å². The van der Waals surface area contributed by atoms with E-state index in [1.54, 1.807) is 18.3 Å². The third kappa shape index (κ3) is 4.20. The van der Waals surface area contributed by atoms with Crippen molar-refractivity contribution < 1.29 is 0 Å². The van der Waals surface area contributed by atoms with E-state index in [-0.39, 0.29) is 12.1 Å². The zero-order chi connectivity index (χ0) is 15.2. The molecule has 2 N–H and O–H groups in total. The molecule has 112 valence electrons. The van der Waals surface area contributed by atoms with Crippen LogP contribution in [0.25, 0.3) is 0 Å². The van der Waals surface area contributed by atoms with Crippen molar-refractivity contribution in [3.63, 3.8) is 0 Å². The van der Waals surface area contributed by atoms with Crippen LogP contribution in [0.2, 0.25) is 10.0 Å². The number of hydrogen-bond donors (Lipinski definition) is 2. The zero-order valence-corrected chi connectivity index (χ0v) is 13.1. The second-order valence-electron chi connectivity index (χ2n) is 4.48. The molecule has 0 fully saturated rings. The van der Waals surface area contributed by atoms with Gasteiger partial charge in [-0.2, -0.15) is 5.10 Å². The molecule has 0 aliphatic rings. The van der Waals surface area contributed by atoms with Gasteiger partial charge in [-0.25, -0.2) is 4.68 Å². The largest absolute Gasteiger partial charge is 0.382 e. The van der Waals surface area contributed by atoms with E-state index in [1.165, 1.54) is 10.7 Å². The number of likely N-dealkylation sites (N-methyl/N-ethyl adjacent to an activating group) is 1. The van der Waals surface area contributed by atoms with Crippen LogP contribution in [0, 0.1) is 0 Å². The third-order valence-electron chi connectivity index (χ3n) is 2.93. The Morgan fingerprint density at radius 2 is 2.10 bits per heavy atom. The van der Waals surface area contributed by atoms with Gasteiger partial charge < -0.3 is 10.6 Å². The Balaban J connectivity index is 2.14. The number of hydrogen-bond acceptors (Lipinski definition) is 4. The van der Waals surface area contributed by atoms with Gasteiger partial charge in [-0.05, 0) is 18.7 Å². The van der Waals surface area contributed by atoms with E-state index in [0.717, 1.165) is 18.7 Å². The first kappa shape index (κ1) is 15.8.